The van der Waals surface area contributed by atoms with Gasteiger partial charge in [-0.05, 0) is 36.3 Å². The molecule has 0 aliphatic heterocycles. The van der Waals surface area contributed by atoms with Gasteiger partial charge in [0.1, 0.15) is 0 Å². The SMILES string of the molecule is CCC(C)c1ccc(C2(CN)CCC2)cc1. The van der Waals surface area contributed by atoms with E-state index < -0.39 is 0 Å². The van der Waals surface area contributed by atoms with E-state index in [0.29, 0.717) is 11.3 Å². The second-order valence-electron chi connectivity index (χ2n) is 5.27. The highest BCUT2D eigenvalue weighted by Crippen LogP contribution is 2.42. The summed E-state index contributed by atoms with van der Waals surface area (Å²) in [6.45, 7) is 5.33. The van der Waals surface area contributed by atoms with Gasteiger partial charge < -0.3 is 5.73 Å². The summed E-state index contributed by atoms with van der Waals surface area (Å²) in [6.07, 6.45) is 5.09. The van der Waals surface area contributed by atoms with Crippen LogP contribution in [0.2, 0.25) is 0 Å². The lowest BCUT2D eigenvalue weighted by Crippen LogP contribution is -2.41. The predicted octanol–water partition coefficient (Wildman–Crippen LogP) is 3.58. The van der Waals surface area contributed by atoms with Crippen LogP contribution in [0.15, 0.2) is 24.3 Å². The van der Waals surface area contributed by atoms with Crippen LogP contribution in [0.25, 0.3) is 0 Å². The maximum absolute atomic E-state index is 5.92. The molecule has 0 spiro atoms. The molecular formula is C15H23N. The largest absolute Gasteiger partial charge is 0.330 e. The van der Waals surface area contributed by atoms with Crippen molar-refractivity contribution in [3.63, 3.8) is 0 Å². The van der Waals surface area contributed by atoms with Gasteiger partial charge in [0.2, 0.25) is 0 Å². The molecule has 1 aromatic rings. The first kappa shape index (κ1) is 11.7. The zero-order valence-corrected chi connectivity index (χ0v) is 10.5. The third-order valence-electron chi connectivity index (χ3n) is 4.41. The van der Waals surface area contributed by atoms with Gasteiger partial charge in [0, 0.05) is 12.0 Å². The Morgan fingerprint density at radius 3 is 2.25 bits per heavy atom. The minimum Gasteiger partial charge on any atom is -0.330 e. The molecule has 1 heteroatoms. The fourth-order valence-electron chi connectivity index (χ4n) is 2.62. The van der Waals surface area contributed by atoms with E-state index in [2.05, 4.69) is 38.1 Å². The van der Waals surface area contributed by atoms with Gasteiger partial charge in [-0.15, -0.1) is 0 Å². The van der Waals surface area contributed by atoms with E-state index in [-0.39, 0.29) is 0 Å². The van der Waals surface area contributed by atoms with Crippen molar-refractivity contribution in [3.05, 3.63) is 35.4 Å². The van der Waals surface area contributed by atoms with Crippen molar-refractivity contribution < 1.29 is 0 Å². The molecule has 1 nitrogen and oxygen atoms in total. The summed E-state index contributed by atoms with van der Waals surface area (Å²) < 4.78 is 0. The number of hydrogen-bond acceptors (Lipinski definition) is 1. The molecule has 1 atom stereocenters. The zero-order chi connectivity index (χ0) is 11.6. The van der Waals surface area contributed by atoms with Crippen molar-refractivity contribution in [1.29, 1.82) is 0 Å². The number of benzene rings is 1. The smallest absolute Gasteiger partial charge is 0.00755 e. The molecule has 0 bridgehead atoms. The van der Waals surface area contributed by atoms with Crippen molar-refractivity contribution in [2.75, 3.05) is 6.54 Å². The first-order valence-corrected chi connectivity index (χ1v) is 6.52. The van der Waals surface area contributed by atoms with Crippen LogP contribution < -0.4 is 5.73 Å². The van der Waals surface area contributed by atoms with Gasteiger partial charge in [0.05, 0.1) is 0 Å². The third-order valence-corrected chi connectivity index (χ3v) is 4.41. The molecule has 2 rings (SSSR count). The van der Waals surface area contributed by atoms with E-state index >= 15 is 0 Å². The summed E-state index contributed by atoms with van der Waals surface area (Å²) in [5.74, 6) is 0.671. The number of rotatable bonds is 4. The van der Waals surface area contributed by atoms with Crippen molar-refractivity contribution in [2.24, 2.45) is 5.73 Å². The van der Waals surface area contributed by atoms with Crippen LogP contribution in [0, 0.1) is 0 Å². The average molecular weight is 217 g/mol. The van der Waals surface area contributed by atoms with Crippen LogP contribution in [0.4, 0.5) is 0 Å². The minimum absolute atomic E-state index is 0.313. The first-order valence-electron chi connectivity index (χ1n) is 6.52. The van der Waals surface area contributed by atoms with Crippen LogP contribution in [0.1, 0.15) is 56.6 Å². The monoisotopic (exact) mass is 217 g/mol. The molecule has 1 aliphatic carbocycles. The van der Waals surface area contributed by atoms with Crippen molar-refractivity contribution in [3.8, 4) is 0 Å². The van der Waals surface area contributed by atoms with E-state index in [0.717, 1.165) is 6.54 Å². The molecular weight excluding hydrogens is 194 g/mol. The first-order chi connectivity index (χ1) is 7.72. The zero-order valence-electron chi connectivity index (χ0n) is 10.5. The summed E-state index contributed by atoms with van der Waals surface area (Å²) in [5, 5.41) is 0. The van der Waals surface area contributed by atoms with Crippen molar-refractivity contribution >= 4 is 0 Å². The van der Waals surface area contributed by atoms with Crippen LogP contribution in [0.3, 0.4) is 0 Å². The van der Waals surface area contributed by atoms with Gasteiger partial charge in [0.25, 0.3) is 0 Å². The standard InChI is InChI=1S/C15H23N/c1-3-12(2)13-5-7-14(8-6-13)15(11-16)9-4-10-15/h5-8,12H,3-4,9-11,16H2,1-2H3. The maximum Gasteiger partial charge on any atom is 0.00755 e. The molecule has 0 amide bonds. The normalized spacial score (nSPS) is 20.2. The molecule has 0 radical (unpaired) electrons. The molecule has 1 aliphatic rings. The third kappa shape index (κ3) is 1.89. The van der Waals surface area contributed by atoms with Crippen LogP contribution in [0.5, 0.6) is 0 Å². The topological polar surface area (TPSA) is 26.0 Å². The molecule has 16 heavy (non-hydrogen) atoms. The van der Waals surface area contributed by atoms with Crippen molar-refractivity contribution in [1.82, 2.24) is 0 Å². The van der Waals surface area contributed by atoms with E-state index in [4.69, 9.17) is 5.73 Å². The van der Waals surface area contributed by atoms with Gasteiger partial charge in [0.15, 0.2) is 0 Å². The molecule has 0 heterocycles. The summed E-state index contributed by atoms with van der Waals surface area (Å²) >= 11 is 0. The summed E-state index contributed by atoms with van der Waals surface area (Å²) in [4.78, 5) is 0. The second kappa shape index (κ2) is 4.58. The Hall–Kier alpha value is -0.820. The van der Waals surface area contributed by atoms with E-state index in [1.807, 2.05) is 0 Å². The molecule has 1 unspecified atom stereocenters. The Morgan fingerprint density at radius 1 is 1.25 bits per heavy atom. The molecule has 1 fully saturated rings. The number of hydrogen-bond donors (Lipinski definition) is 1. The Balaban J connectivity index is 2.18. The van der Waals surface area contributed by atoms with E-state index in [1.54, 1.807) is 0 Å². The molecule has 0 aromatic heterocycles. The van der Waals surface area contributed by atoms with Crippen LogP contribution >= 0.6 is 0 Å². The highest BCUT2D eigenvalue weighted by Gasteiger charge is 2.36. The molecule has 0 saturated heterocycles. The lowest BCUT2D eigenvalue weighted by molar-refractivity contribution is 0.253. The predicted molar refractivity (Wildman–Crippen MR) is 69.7 cm³/mol. The van der Waals surface area contributed by atoms with Gasteiger partial charge in [-0.25, -0.2) is 0 Å². The van der Waals surface area contributed by atoms with Crippen LogP contribution in [-0.4, -0.2) is 6.54 Å². The molecule has 1 aromatic carbocycles. The summed E-state index contributed by atoms with van der Waals surface area (Å²) in [5.41, 5.74) is 9.15. The highest BCUT2D eigenvalue weighted by atomic mass is 14.6. The van der Waals surface area contributed by atoms with Gasteiger partial charge >= 0.3 is 0 Å². The molecule has 88 valence electrons. The fourth-order valence-corrected chi connectivity index (χ4v) is 2.62. The fraction of sp³-hybridized carbons (Fsp3) is 0.600. The molecule has 2 N–H and O–H groups in total. The Labute approximate surface area is 99.0 Å². The Bertz CT molecular complexity index is 329. The maximum atomic E-state index is 5.92. The Kier molecular flexibility index (Phi) is 3.34. The van der Waals surface area contributed by atoms with Gasteiger partial charge in [-0.3, -0.25) is 0 Å². The highest BCUT2D eigenvalue weighted by molar-refractivity contribution is 5.32. The minimum atomic E-state index is 0.313. The lowest BCUT2D eigenvalue weighted by atomic mass is 9.64. The van der Waals surface area contributed by atoms with Crippen molar-refractivity contribution in [2.45, 2.75) is 50.9 Å². The molecule has 1 saturated carbocycles. The summed E-state index contributed by atoms with van der Waals surface area (Å²) in [7, 11) is 0. The average Bonchev–Trinajstić information content (AvgIpc) is 2.28. The van der Waals surface area contributed by atoms with Crippen LogP contribution in [-0.2, 0) is 5.41 Å². The van der Waals surface area contributed by atoms with Gasteiger partial charge in [-0.1, -0.05) is 44.5 Å². The lowest BCUT2D eigenvalue weighted by Gasteiger charge is -2.41. The Morgan fingerprint density at radius 2 is 1.88 bits per heavy atom. The quantitative estimate of drug-likeness (QED) is 0.819. The van der Waals surface area contributed by atoms with E-state index in [1.165, 1.54) is 36.8 Å². The van der Waals surface area contributed by atoms with E-state index in [9.17, 15) is 0 Å². The number of nitrogens with two attached hydrogens (primary N) is 1. The second-order valence-corrected chi connectivity index (χ2v) is 5.27. The summed E-state index contributed by atoms with van der Waals surface area (Å²) in [6, 6.07) is 9.18. The van der Waals surface area contributed by atoms with Gasteiger partial charge in [-0.2, -0.15) is 0 Å².